The van der Waals surface area contributed by atoms with Gasteiger partial charge >= 0.3 is 0 Å². The number of ketones is 1. The molecule has 1 unspecified atom stereocenters. The molecular formula is C22H26N2O4. The van der Waals surface area contributed by atoms with Crippen molar-refractivity contribution in [1.29, 1.82) is 5.26 Å². The molecule has 6 nitrogen and oxygen atoms in total. The minimum absolute atomic E-state index is 0.0674. The highest BCUT2D eigenvalue weighted by molar-refractivity contribution is 6.00. The van der Waals surface area contributed by atoms with Gasteiger partial charge < -0.3 is 19.5 Å². The molecule has 1 N–H and O–H groups in total. The van der Waals surface area contributed by atoms with Crippen LogP contribution in [0.2, 0.25) is 0 Å². The molecule has 0 radical (unpaired) electrons. The SMILES string of the molecule is COc1cc(C2C(C#N)=C(C)NC3=C2C(=O)CC(C)(C)C3)cc(OC)c1OC. The number of hydrogen-bond acceptors (Lipinski definition) is 6. The van der Waals surface area contributed by atoms with Crippen LogP contribution in [0.25, 0.3) is 0 Å². The van der Waals surface area contributed by atoms with Gasteiger partial charge in [0.2, 0.25) is 5.75 Å². The number of carbonyl (C=O) groups is 1. The third-order valence-corrected chi connectivity index (χ3v) is 5.38. The maximum atomic E-state index is 13.1. The fourth-order valence-corrected chi connectivity index (χ4v) is 4.19. The monoisotopic (exact) mass is 382 g/mol. The van der Waals surface area contributed by atoms with Gasteiger partial charge in [0, 0.05) is 23.4 Å². The maximum absolute atomic E-state index is 13.1. The van der Waals surface area contributed by atoms with E-state index < -0.39 is 5.92 Å². The molecule has 1 aliphatic carbocycles. The number of dihydropyridines is 1. The van der Waals surface area contributed by atoms with Crippen LogP contribution in [0.5, 0.6) is 17.2 Å². The molecule has 3 rings (SSSR count). The quantitative estimate of drug-likeness (QED) is 0.852. The number of ether oxygens (including phenoxy) is 3. The number of methoxy groups -OCH3 is 3. The van der Waals surface area contributed by atoms with Crippen LogP contribution in [-0.4, -0.2) is 27.1 Å². The van der Waals surface area contributed by atoms with E-state index in [1.165, 1.54) is 0 Å². The van der Waals surface area contributed by atoms with Crippen molar-refractivity contribution in [3.8, 4) is 23.3 Å². The zero-order valence-electron chi connectivity index (χ0n) is 17.2. The lowest BCUT2D eigenvalue weighted by molar-refractivity contribution is -0.118. The normalized spacial score (nSPS) is 20.9. The third kappa shape index (κ3) is 3.22. The topological polar surface area (TPSA) is 80.6 Å². The molecule has 1 aliphatic heterocycles. The second kappa shape index (κ2) is 7.23. The van der Waals surface area contributed by atoms with Crippen LogP contribution in [0.1, 0.15) is 45.1 Å². The Balaban J connectivity index is 2.25. The highest BCUT2D eigenvalue weighted by Crippen LogP contribution is 2.49. The Kier molecular flexibility index (Phi) is 5.12. The molecule has 28 heavy (non-hydrogen) atoms. The van der Waals surface area contributed by atoms with E-state index >= 15 is 0 Å². The van der Waals surface area contributed by atoms with Crippen molar-refractivity contribution in [3.63, 3.8) is 0 Å². The van der Waals surface area contributed by atoms with Crippen molar-refractivity contribution in [2.24, 2.45) is 5.41 Å². The number of nitrogens with one attached hydrogen (secondary N) is 1. The van der Waals surface area contributed by atoms with Gasteiger partial charge in [0.25, 0.3) is 0 Å². The number of Topliss-reactive ketones (excluding diaryl/α,β-unsaturated/α-hetero) is 1. The molecule has 0 spiro atoms. The first-order chi connectivity index (χ1) is 13.3. The van der Waals surface area contributed by atoms with Crippen molar-refractivity contribution in [1.82, 2.24) is 5.32 Å². The van der Waals surface area contributed by atoms with Crippen molar-refractivity contribution in [2.45, 2.75) is 39.5 Å². The number of allylic oxidation sites excluding steroid dienone is 4. The van der Waals surface area contributed by atoms with Gasteiger partial charge in [0.1, 0.15) is 0 Å². The molecule has 0 saturated heterocycles. The van der Waals surface area contributed by atoms with Gasteiger partial charge in [-0.1, -0.05) is 13.8 Å². The fraction of sp³-hybridized carbons (Fsp3) is 0.455. The maximum Gasteiger partial charge on any atom is 0.203 e. The van der Waals surface area contributed by atoms with E-state index in [4.69, 9.17) is 14.2 Å². The Morgan fingerprint density at radius 2 is 1.71 bits per heavy atom. The van der Waals surface area contributed by atoms with Crippen molar-refractivity contribution >= 4 is 5.78 Å². The van der Waals surface area contributed by atoms with Crippen LogP contribution < -0.4 is 19.5 Å². The molecule has 0 bridgehead atoms. The van der Waals surface area contributed by atoms with Crippen LogP contribution >= 0.6 is 0 Å². The van der Waals surface area contributed by atoms with Crippen molar-refractivity contribution in [3.05, 3.63) is 40.2 Å². The molecule has 1 atom stereocenters. The van der Waals surface area contributed by atoms with E-state index in [9.17, 15) is 10.1 Å². The molecule has 0 aromatic heterocycles. The van der Waals surface area contributed by atoms with Gasteiger partial charge in [-0.2, -0.15) is 5.26 Å². The lowest BCUT2D eigenvalue weighted by Crippen LogP contribution is -2.36. The average Bonchev–Trinajstić information content (AvgIpc) is 2.64. The van der Waals surface area contributed by atoms with Crippen LogP contribution in [-0.2, 0) is 4.79 Å². The second-order valence-corrected chi connectivity index (χ2v) is 8.00. The first-order valence-corrected chi connectivity index (χ1v) is 9.20. The predicted molar refractivity (Wildman–Crippen MR) is 105 cm³/mol. The minimum atomic E-state index is -0.460. The molecular weight excluding hydrogens is 356 g/mol. The van der Waals surface area contributed by atoms with Gasteiger partial charge in [-0.05, 0) is 36.5 Å². The molecule has 0 amide bonds. The summed E-state index contributed by atoms with van der Waals surface area (Å²) in [6.45, 7) is 6.05. The van der Waals surface area contributed by atoms with E-state index in [-0.39, 0.29) is 11.2 Å². The summed E-state index contributed by atoms with van der Waals surface area (Å²) in [4.78, 5) is 13.1. The Bertz CT molecular complexity index is 909. The van der Waals surface area contributed by atoms with Crippen LogP contribution in [0.15, 0.2) is 34.7 Å². The lowest BCUT2D eigenvalue weighted by atomic mass is 9.69. The van der Waals surface area contributed by atoms with Crippen molar-refractivity contribution in [2.75, 3.05) is 21.3 Å². The highest BCUT2D eigenvalue weighted by Gasteiger charge is 2.41. The molecule has 0 fully saturated rings. The first kappa shape index (κ1) is 19.8. The smallest absolute Gasteiger partial charge is 0.203 e. The van der Waals surface area contributed by atoms with E-state index in [0.717, 1.165) is 23.4 Å². The molecule has 0 saturated carbocycles. The summed E-state index contributed by atoms with van der Waals surface area (Å²) in [6, 6.07) is 5.94. The molecule has 6 heteroatoms. The van der Waals surface area contributed by atoms with Gasteiger partial charge in [-0.3, -0.25) is 4.79 Å². The predicted octanol–water partition coefficient (Wildman–Crippen LogP) is 3.84. The average molecular weight is 382 g/mol. The highest BCUT2D eigenvalue weighted by atomic mass is 16.5. The number of rotatable bonds is 4. The number of nitriles is 1. The van der Waals surface area contributed by atoms with Crippen LogP contribution in [0.4, 0.5) is 0 Å². The zero-order valence-corrected chi connectivity index (χ0v) is 17.2. The number of benzene rings is 1. The summed E-state index contributed by atoms with van der Waals surface area (Å²) in [7, 11) is 4.65. The fourth-order valence-electron chi connectivity index (χ4n) is 4.19. The summed E-state index contributed by atoms with van der Waals surface area (Å²) < 4.78 is 16.4. The molecule has 2 aliphatic rings. The number of hydrogen-bond donors (Lipinski definition) is 1. The molecule has 1 heterocycles. The second-order valence-electron chi connectivity index (χ2n) is 8.00. The van der Waals surface area contributed by atoms with E-state index in [1.54, 1.807) is 21.3 Å². The van der Waals surface area contributed by atoms with Crippen LogP contribution in [0, 0.1) is 16.7 Å². The van der Waals surface area contributed by atoms with Gasteiger partial charge in [-0.25, -0.2) is 0 Å². The van der Waals surface area contributed by atoms with E-state index in [1.807, 2.05) is 19.1 Å². The standard InChI is InChI=1S/C22H26N2O4/c1-12-14(11-23)19(20-15(24-12)9-22(2,3)10-16(20)25)13-7-17(26-4)21(28-6)18(8-13)27-5/h7-8,19,24H,9-10H2,1-6H3. The third-order valence-electron chi connectivity index (χ3n) is 5.38. The number of nitrogens with zero attached hydrogens (tertiary/aromatic N) is 1. The zero-order chi connectivity index (χ0) is 20.6. The number of carbonyl (C=O) groups excluding carboxylic acids is 1. The Morgan fingerprint density at radius 3 is 2.21 bits per heavy atom. The Hall–Kier alpha value is -2.94. The molecule has 1 aromatic carbocycles. The van der Waals surface area contributed by atoms with Gasteiger partial charge in [0.05, 0.1) is 38.9 Å². The molecule has 1 aromatic rings. The lowest BCUT2D eigenvalue weighted by Gasteiger charge is -2.38. The minimum Gasteiger partial charge on any atom is -0.493 e. The van der Waals surface area contributed by atoms with E-state index in [0.29, 0.717) is 34.8 Å². The summed E-state index contributed by atoms with van der Waals surface area (Å²) in [5.74, 6) is 1.08. The first-order valence-electron chi connectivity index (χ1n) is 9.20. The molecule has 148 valence electrons. The summed E-state index contributed by atoms with van der Waals surface area (Å²) >= 11 is 0. The Morgan fingerprint density at radius 1 is 1.11 bits per heavy atom. The van der Waals surface area contributed by atoms with Crippen molar-refractivity contribution < 1.29 is 19.0 Å². The van der Waals surface area contributed by atoms with E-state index in [2.05, 4.69) is 25.2 Å². The summed E-state index contributed by atoms with van der Waals surface area (Å²) in [5.41, 5.74) is 3.51. The van der Waals surface area contributed by atoms with Gasteiger partial charge in [-0.15, -0.1) is 0 Å². The Labute approximate surface area is 165 Å². The summed E-state index contributed by atoms with van der Waals surface area (Å²) in [6.07, 6.45) is 1.21. The van der Waals surface area contributed by atoms with Crippen LogP contribution in [0.3, 0.4) is 0 Å². The summed E-state index contributed by atoms with van der Waals surface area (Å²) in [5, 5.41) is 13.2. The largest absolute Gasteiger partial charge is 0.493 e. The van der Waals surface area contributed by atoms with Gasteiger partial charge in [0.15, 0.2) is 17.3 Å².